The van der Waals surface area contributed by atoms with Gasteiger partial charge in [0.25, 0.3) is 0 Å². The second kappa shape index (κ2) is 10.5. The summed E-state index contributed by atoms with van der Waals surface area (Å²) in [6, 6.07) is 18.7. The maximum atomic E-state index is 12.4. The molecular weight excluding hydrogens is 721 g/mol. The van der Waals surface area contributed by atoms with E-state index in [0.29, 0.717) is 17.2 Å². The van der Waals surface area contributed by atoms with Crippen molar-refractivity contribution in [2.75, 3.05) is 0 Å². The van der Waals surface area contributed by atoms with Gasteiger partial charge in [-0.15, -0.1) is 0 Å². The molecule has 1 N–H and O–H groups in total. The molecule has 0 aliphatic heterocycles. The van der Waals surface area contributed by atoms with Crippen LogP contribution in [0.2, 0.25) is 5.02 Å². The summed E-state index contributed by atoms with van der Waals surface area (Å²) in [4.78, 5) is 12.4. The number of fused-ring (bicyclic) bond motifs is 1. The van der Waals surface area contributed by atoms with Gasteiger partial charge in [-0.2, -0.15) is 5.10 Å². The Labute approximate surface area is 225 Å². The largest absolute Gasteiger partial charge is 0.488 e. The summed E-state index contributed by atoms with van der Waals surface area (Å²) in [5.41, 5.74) is 4.92. The van der Waals surface area contributed by atoms with Crippen molar-refractivity contribution in [3.8, 4) is 5.75 Å². The Kier molecular flexibility index (Phi) is 7.74. The molecular formula is C23H14BrClI2N2O3. The molecule has 0 aliphatic rings. The number of hydrogen-bond donors (Lipinski definition) is 1. The van der Waals surface area contributed by atoms with Gasteiger partial charge in [-0.05, 0) is 93.2 Å². The van der Waals surface area contributed by atoms with Crippen LogP contribution in [0, 0.1) is 7.14 Å². The Morgan fingerprint density at radius 3 is 2.72 bits per heavy atom. The summed E-state index contributed by atoms with van der Waals surface area (Å²) in [6.07, 6.45) is 1.57. The van der Waals surface area contributed by atoms with E-state index in [-0.39, 0.29) is 5.76 Å². The van der Waals surface area contributed by atoms with E-state index in [4.69, 9.17) is 20.8 Å². The molecule has 1 amide bonds. The molecule has 0 bridgehead atoms. The zero-order valence-electron chi connectivity index (χ0n) is 16.2. The lowest BCUT2D eigenvalue weighted by Crippen LogP contribution is -2.16. The lowest BCUT2D eigenvalue weighted by atomic mass is 10.2. The average molecular weight is 736 g/mol. The predicted octanol–water partition coefficient (Wildman–Crippen LogP) is 7.40. The number of hydrazone groups is 1. The summed E-state index contributed by atoms with van der Waals surface area (Å²) >= 11 is 14.0. The molecule has 0 saturated heterocycles. The number of nitrogens with zero attached hydrogens (tertiary/aromatic N) is 1. The zero-order chi connectivity index (χ0) is 22.7. The van der Waals surface area contributed by atoms with Crippen molar-refractivity contribution in [3.05, 3.63) is 94.2 Å². The maximum Gasteiger partial charge on any atom is 0.307 e. The van der Waals surface area contributed by atoms with Crippen LogP contribution in [-0.4, -0.2) is 12.1 Å². The summed E-state index contributed by atoms with van der Waals surface area (Å²) in [6.45, 7) is 0.381. The molecule has 0 unspecified atom stereocenters. The Balaban J connectivity index is 1.39. The van der Waals surface area contributed by atoms with Crippen molar-refractivity contribution in [2.24, 2.45) is 5.10 Å². The molecule has 9 heteroatoms. The minimum atomic E-state index is -0.418. The molecule has 32 heavy (non-hydrogen) atoms. The third-order valence-electron chi connectivity index (χ3n) is 4.44. The van der Waals surface area contributed by atoms with E-state index < -0.39 is 5.91 Å². The highest BCUT2D eigenvalue weighted by atomic mass is 127. The normalized spacial score (nSPS) is 11.2. The lowest BCUT2D eigenvalue weighted by molar-refractivity contribution is 0.0929. The van der Waals surface area contributed by atoms with Crippen LogP contribution in [0.25, 0.3) is 11.0 Å². The molecule has 0 fully saturated rings. The fourth-order valence-corrected chi connectivity index (χ4v) is 5.44. The molecule has 0 atom stereocenters. The molecule has 1 aromatic heterocycles. The highest BCUT2D eigenvalue weighted by molar-refractivity contribution is 14.1. The number of benzene rings is 3. The van der Waals surface area contributed by atoms with Crippen molar-refractivity contribution in [1.82, 2.24) is 5.43 Å². The quantitative estimate of drug-likeness (QED) is 0.128. The number of rotatable bonds is 6. The molecule has 4 rings (SSSR count). The third kappa shape index (κ3) is 5.64. The van der Waals surface area contributed by atoms with Crippen molar-refractivity contribution in [2.45, 2.75) is 6.61 Å². The van der Waals surface area contributed by atoms with Crippen LogP contribution >= 0.6 is 72.7 Å². The van der Waals surface area contributed by atoms with Gasteiger partial charge in [0.2, 0.25) is 0 Å². The first-order valence-electron chi connectivity index (χ1n) is 9.28. The van der Waals surface area contributed by atoms with Crippen LogP contribution in [0.4, 0.5) is 0 Å². The van der Waals surface area contributed by atoms with E-state index >= 15 is 0 Å². The van der Waals surface area contributed by atoms with E-state index in [1.165, 1.54) is 0 Å². The lowest BCUT2D eigenvalue weighted by Gasteiger charge is -2.10. The van der Waals surface area contributed by atoms with E-state index in [1.807, 2.05) is 54.6 Å². The van der Waals surface area contributed by atoms with Gasteiger partial charge in [-0.3, -0.25) is 4.79 Å². The molecule has 5 nitrogen and oxygen atoms in total. The van der Waals surface area contributed by atoms with Gasteiger partial charge < -0.3 is 9.15 Å². The monoisotopic (exact) mass is 734 g/mol. The maximum absolute atomic E-state index is 12.4. The van der Waals surface area contributed by atoms with E-state index in [0.717, 1.165) is 33.9 Å². The standard InChI is InChI=1S/C23H14BrClI2N2O3/c24-16-8-15-9-21(32-22(15)19(27)10-16)23(30)29-28-11-13-5-6-20(18(26)7-13)31-12-14-3-1-2-4-17(14)25/h1-11H,12H2,(H,29,30)/b28-11-. The van der Waals surface area contributed by atoms with Gasteiger partial charge in [0.1, 0.15) is 17.9 Å². The molecule has 3 aromatic carbocycles. The smallest absolute Gasteiger partial charge is 0.307 e. The van der Waals surface area contributed by atoms with Gasteiger partial charge in [-0.25, -0.2) is 5.43 Å². The van der Waals surface area contributed by atoms with Gasteiger partial charge in [-0.1, -0.05) is 45.7 Å². The number of ether oxygens (including phenoxy) is 1. The summed E-state index contributed by atoms with van der Waals surface area (Å²) in [5.74, 6) is 0.527. The molecule has 1 heterocycles. The first-order valence-corrected chi connectivity index (χ1v) is 12.6. The van der Waals surface area contributed by atoms with Crippen molar-refractivity contribution in [1.29, 1.82) is 0 Å². The van der Waals surface area contributed by atoms with Crippen LogP contribution in [0.1, 0.15) is 21.7 Å². The fourth-order valence-electron chi connectivity index (χ4n) is 2.89. The summed E-state index contributed by atoms with van der Waals surface area (Å²) < 4.78 is 14.3. The number of amides is 1. The number of carbonyl (C=O) groups is 1. The number of carbonyl (C=O) groups excluding carboxylic acids is 1. The van der Waals surface area contributed by atoms with Gasteiger partial charge >= 0.3 is 5.91 Å². The van der Waals surface area contributed by atoms with E-state index in [9.17, 15) is 4.79 Å². The number of halogens is 4. The average Bonchev–Trinajstić information content (AvgIpc) is 3.19. The van der Waals surface area contributed by atoms with Crippen LogP contribution in [0.5, 0.6) is 5.75 Å². The Bertz CT molecular complexity index is 1340. The van der Waals surface area contributed by atoms with Crippen LogP contribution in [-0.2, 0) is 6.61 Å². The topological polar surface area (TPSA) is 63.8 Å². The number of nitrogens with one attached hydrogen (secondary N) is 1. The summed E-state index contributed by atoms with van der Waals surface area (Å²) in [7, 11) is 0. The fraction of sp³-hybridized carbons (Fsp3) is 0.0435. The number of furan rings is 1. The van der Waals surface area contributed by atoms with Crippen molar-refractivity contribution < 1.29 is 13.9 Å². The first kappa shape index (κ1) is 23.5. The van der Waals surface area contributed by atoms with Crippen molar-refractivity contribution >= 4 is 95.8 Å². The second-order valence-corrected chi connectivity index (χ2v) is 10.3. The molecule has 0 radical (unpaired) electrons. The highest BCUT2D eigenvalue weighted by Crippen LogP contribution is 2.28. The highest BCUT2D eigenvalue weighted by Gasteiger charge is 2.14. The SMILES string of the molecule is O=C(N/N=C\c1ccc(OCc2ccccc2Cl)c(I)c1)c1cc2cc(Br)cc(I)c2o1. The molecule has 4 aromatic rings. The van der Waals surface area contributed by atoms with Crippen LogP contribution in [0.15, 0.2) is 74.7 Å². The number of hydrogen-bond acceptors (Lipinski definition) is 4. The zero-order valence-corrected chi connectivity index (χ0v) is 22.9. The summed E-state index contributed by atoms with van der Waals surface area (Å²) in [5, 5.41) is 5.57. The molecule has 0 spiro atoms. The Morgan fingerprint density at radius 2 is 1.94 bits per heavy atom. The first-order chi connectivity index (χ1) is 15.4. The molecule has 162 valence electrons. The second-order valence-electron chi connectivity index (χ2n) is 6.69. The van der Waals surface area contributed by atoms with Crippen molar-refractivity contribution in [3.63, 3.8) is 0 Å². The Morgan fingerprint density at radius 1 is 1.12 bits per heavy atom. The molecule has 0 saturated carbocycles. The minimum absolute atomic E-state index is 0.200. The van der Waals surface area contributed by atoms with Crippen LogP contribution < -0.4 is 10.2 Å². The van der Waals surface area contributed by atoms with Crippen LogP contribution in [0.3, 0.4) is 0 Å². The van der Waals surface area contributed by atoms with Gasteiger partial charge in [0, 0.05) is 20.4 Å². The van der Waals surface area contributed by atoms with E-state index in [1.54, 1.807) is 12.3 Å². The van der Waals surface area contributed by atoms with E-state index in [2.05, 4.69) is 71.6 Å². The third-order valence-corrected chi connectivity index (χ3v) is 6.91. The molecule has 0 aliphatic carbocycles. The Hall–Kier alpha value is -1.63. The van der Waals surface area contributed by atoms with Gasteiger partial charge in [0.05, 0.1) is 13.4 Å². The van der Waals surface area contributed by atoms with Gasteiger partial charge in [0.15, 0.2) is 5.76 Å². The minimum Gasteiger partial charge on any atom is -0.488 e. The predicted molar refractivity (Wildman–Crippen MR) is 147 cm³/mol.